The summed E-state index contributed by atoms with van der Waals surface area (Å²) in [7, 11) is 1.73. The third-order valence-corrected chi connectivity index (χ3v) is 3.09. The van der Waals surface area contributed by atoms with Crippen molar-refractivity contribution in [2.45, 2.75) is 13.5 Å². The minimum atomic E-state index is -0.453. The average Bonchev–Trinajstić information content (AvgIpc) is 2.48. The molecule has 0 aliphatic carbocycles. The summed E-state index contributed by atoms with van der Waals surface area (Å²) >= 11 is 0. The van der Waals surface area contributed by atoms with Gasteiger partial charge in [-0.1, -0.05) is 0 Å². The van der Waals surface area contributed by atoms with Crippen LogP contribution in [-0.2, 0) is 6.61 Å². The van der Waals surface area contributed by atoms with E-state index in [4.69, 9.17) is 4.74 Å². The third-order valence-electron chi connectivity index (χ3n) is 3.09. The van der Waals surface area contributed by atoms with E-state index in [-0.39, 0.29) is 18.1 Å². The highest BCUT2D eigenvalue weighted by molar-refractivity contribution is 5.55. The standard InChI is InChI=1S/C15H15FN2O3/c1-10-7-13(4-5-14(10)16)21-9-11-8-12(18(19)20)3-6-15(11)17-2/h3-8,17H,9H2,1-2H3. The number of anilines is 1. The number of ether oxygens (including phenoxy) is 1. The van der Waals surface area contributed by atoms with Crippen LogP contribution >= 0.6 is 0 Å². The van der Waals surface area contributed by atoms with E-state index < -0.39 is 4.92 Å². The minimum absolute atomic E-state index is 0.00267. The van der Waals surface area contributed by atoms with E-state index in [2.05, 4.69) is 5.32 Å². The van der Waals surface area contributed by atoms with E-state index in [0.29, 0.717) is 16.9 Å². The van der Waals surface area contributed by atoms with Gasteiger partial charge in [-0.25, -0.2) is 4.39 Å². The average molecular weight is 290 g/mol. The van der Waals surface area contributed by atoms with Crippen LogP contribution < -0.4 is 10.1 Å². The van der Waals surface area contributed by atoms with Crippen LogP contribution in [0.5, 0.6) is 5.75 Å². The zero-order valence-corrected chi connectivity index (χ0v) is 11.7. The Kier molecular flexibility index (Phi) is 4.37. The first-order valence-corrected chi connectivity index (χ1v) is 6.35. The lowest BCUT2D eigenvalue weighted by molar-refractivity contribution is -0.384. The number of nitrogens with one attached hydrogen (secondary N) is 1. The lowest BCUT2D eigenvalue weighted by atomic mass is 10.1. The van der Waals surface area contributed by atoms with Crippen LogP contribution in [0.2, 0.25) is 0 Å². The van der Waals surface area contributed by atoms with Crippen molar-refractivity contribution in [1.82, 2.24) is 0 Å². The molecule has 0 saturated carbocycles. The van der Waals surface area contributed by atoms with E-state index >= 15 is 0 Å². The molecule has 0 fully saturated rings. The van der Waals surface area contributed by atoms with Crippen LogP contribution in [0.1, 0.15) is 11.1 Å². The van der Waals surface area contributed by atoms with Gasteiger partial charge < -0.3 is 10.1 Å². The fraction of sp³-hybridized carbons (Fsp3) is 0.200. The van der Waals surface area contributed by atoms with Crippen molar-refractivity contribution >= 4 is 11.4 Å². The molecule has 110 valence electrons. The van der Waals surface area contributed by atoms with Gasteiger partial charge >= 0.3 is 0 Å². The van der Waals surface area contributed by atoms with Crippen molar-refractivity contribution in [1.29, 1.82) is 0 Å². The molecule has 2 aromatic carbocycles. The smallest absolute Gasteiger partial charge is 0.269 e. The van der Waals surface area contributed by atoms with Crippen LogP contribution in [0, 0.1) is 22.9 Å². The summed E-state index contributed by atoms with van der Waals surface area (Å²) in [6.07, 6.45) is 0. The summed E-state index contributed by atoms with van der Waals surface area (Å²) in [5, 5.41) is 13.8. The second-order valence-corrected chi connectivity index (χ2v) is 4.55. The molecule has 0 saturated heterocycles. The third kappa shape index (κ3) is 3.47. The molecule has 0 spiro atoms. The van der Waals surface area contributed by atoms with Crippen molar-refractivity contribution in [3.8, 4) is 5.75 Å². The molecule has 0 aliphatic rings. The monoisotopic (exact) mass is 290 g/mol. The number of nitrogens with zero attached hydrogens (tertiary/aromatic N) is 1. The number of nitro groups is 1. The molecule has 6 heteroatoms. The molecule has 2 aromatic rings. The van der Waals surface area contributed by atoms with Crippen LogP contribution in [0.4, 0.5) is 15.8 Å². The zero-order chi connectivity index (χ0) is 15.4. The van der Waals surface area contributed by atoms with Crippen molar-refractivity contribution in [3.63, 3.8) is 0 Å². The van der Waals surface area contributed by atoms with Gasteiger partial charge in [0.15, 0.2) is 0 Å². The van der Waals surface area contributed by atoms with E-state index in [9.17, 15) is 14.5 Å². The Hall–Kier alpha value is -2.63. The number of nitro benzene ring substituents is 1. The van der Waals surface area contributed by atoms with Crippen LogP contribution in [0.15, 0.2) is 36.4 Å². The Morgan fingerprint density at radius 2 is 2.05 bits per heavy atom. The van der Waals surface area contributed by atoms with Crippen LogP contribution in [0.25, 0.3) is 0 Å². The molecule has 0 unspecified atom stereocenters. The van der Waals surface area contributed by atoms with Gasteiger partial charge in [0.25, 0.3) is 5.69 Å². The largest absolute Gasteiger partial charge is 0.489 e. The maximum Gasteiger partial charge on any atom is 0.269 e. The fourth-order valence-corrected chi connectivity index (χ4v) is 1.93. The van der Waals surface area contributed by atoms with Gasteiger partial charge in [0, 0.05) is 30.4 Å². The summed E-state index contributed by atoms with van der Waals surface area (Å²) in [4.78, 5) is 10.4. The Morgan fingerprint density at radius 1 is 1.29 bits per heavy atom. The highest BCUT2D eigenvalue weighted by Crippen LogP contribution is 2.24. The van der Waals surface area contributed by atoms with Crippen molar-refractivity contribution < 1.29 is 14.1 Å². The predicted molar refractivity (Wildman–Crippen MR) is 78.1 cm³/mol. The molecular weight excluding hydrogens is 275 g/mol. The Bertz CT molecular complexity index is 674. The van der Waals surface area contributed by atoms with E-state index in [1.54, 1.807) is 26.1 Å². The minimum Gasteiger partial charge on any atom is -0.489 e. The van der Waals surface area contributed by atoms with Crippen molar-refractivity contribution in [2.75, 3.05) is 12.4 Å². The van der Waals surface area contributed by atoms with Crippen molar-refractivity contribution in [3.05, 3.63) is 63.5 Å². The number of hydrogen-bond acceptors (Lipinski definition) is 4. The Morgan fingerprint density at radius 3 is 2.67 bits per heavy atom. The Balaban J connectivity index is 2.19. The summed E-state index contributed by atoms with van der Waals surface area (Å²) < 4.78 is 18.8. The first kappa shape index (κ1) is 14.8. The molecule has 1 N–H and O–H groups in total. The highest BCUT2D eigenvalue weighted by Gasteiger charge is 2.11. The summed E-state index contributed by atoms with van der Waals surface area (Å²) in [5.41, 5.74) is 1.90. The SMILES string of the molecule is CNc1ccc([N+](=O)[O-])cc1COc1ccc(F)c(C)c1. The summed E-state index contributed by atoms with van der Waals surface area (Å²) in [6.45, 7) is 1.80. The van der Waals surface area contributed by atoms with Gasteiger partial charge in [-0.15, -0.1) is 0 Å². The van der Waals surface area contributed by atoms with Gasteiger partial charge in [0.2, 0.25) is 0 Å². The highest BCUT2D eigenvalue weighted by atomic mass is 19.1. The second kappa shape index (κ2) is 6.21. The van der Waals surface area contributed by atoms with E-state index in [0.717, 1.165) is 5.69 Å². The maximum atomic E-state index is 13.2. The summed E-state index contributed by atoms with van der Waals surface area (Å²) in [6, 6.07) is 8.97. The first-order chi connectivity index (χ1) is 10.0. The second-order valence-electron chi connectivity index (χ2n) is 4.55. The molecule has 0 aromatic heterocycles. The molecular formula is C15H15FN2O3. The number of non-ortho nitro benzene ring substituents is 1. The van der Waals surface area contributed by atoms with Gasteiger partial charge in [0.05, 0.1) is 4.92 Å². The quantitative estimate of drug-likeness (QED) is 0.674. The topological polar surface area (TPSA) is 64.4 Å². The molecule has 0 aliphatic heterocycles. The summed E-state index contributed by atoms with van der Waals surface area (Å²) in [5.74, 6) is 0.219. The van der Waals surface area contributed by atoms with Crippen LogP contribution in [-0.4, -0.2) is 12.0 Å². The lowest BCUT2D eigenvalue weighted by Gasteiger charge is -2.11. The molecule has 0 heterocycles. The number of halogens is 1. The zero-order valence-electron chi connectivity index (χ0n) is 11.7. The predicted octanol–water partition coefficient (Wildman–Crippen LogP) is 3.66. The Labute approximate surface area is 121 Å². The van der Waals surface area contributed by atoms with Crippen LogP contribution in [0.3, 0.4) is 0 Å². The first-order valence-electron chi connectivity index (χ1n) is 6.35. The van der Waals surface area contributed by atoms with Crippen molar-refractivity contribution in [2.24, 2.45) is 0 Å². The van der Waals surface area contributed by atoms with Gasteiger partial charge in [0.1, 0.15) is 18.2 Å². The lowest BCUT2D eigenvalue weighted by Crippen LogP contribution is -2.02. The molecule has 0 radical (unpaired) electrons. The van der Waals surface area contributed by atoms with Gasteiger partial charge in [-0.2, -0.15) is 0 Å². The molecule has 2 rings (SSSR count). The van der Waals surface area contributed by atoms with Gasteiger partial charge in [-0.3, -0.25) is 10.1 Å². The fourth-order valence-electron chi connectivity index (χ4n) is 1.93. The molecule has 21 heavy (non-hydrogen) atoms. The molecule has 0 amide bonds. The van der Waals surface area contributed by atoms with Gasteiger partial charge in [-0.05, 0) is 36.8 Å². The number of hydrogen-bond donors (Lipinski definition) is 1. The number of aryl methyl sites for hydroxylation is 1. The van der Waals surface area contributed by atoms with E-state index in [1.807, 2.05) is 0 Å². The number of rotatable bonds is 5. The molecule has 0 atom stereocenters. The molecule has 0 bridgehead atoms. The molecule has 5 nitrogen and oxygen atoms in total. The maximum absolute atomic E-state index is 13.2. The van der Waals surface area contributed by atoms with E-state index in [1.165, 1.54) is 24.3 Å². The normalized spacial score (nSPS) is 10.2. The number of benzene rings is 2.